The van der Waals surface area contributed by atoms with Gasteiger partial charge in [-0.3, -0.25) is 0 Å². The molecule has 1 N–H and O–H groups in total. The Morgan fingerprint density at radius 1 is 0.818 bits per heavy atom. The van der Waals surface area contributed by atoms with E-state index in [9.17, 15) is 5.11 Å². The topological polar surface area (TPSA) is 33.4 Å². The van der Waals surface area contributed by atoms with E-state index in [0.717, 1.165) is 28.2 Å². The number of hydrogen-bond donors (Lipinski definition) is 1. The lowest BCUT2D eigenvalue weighted by Crippen LogP contribution is -2.03. The number of rotatable bonds is 3. The first-order valence-electron chi connectivity index (χ1n) is 7.47. The average molecular weight is 292 g/mol. The Hall–Kier alpha value is -2.48. The summed E-state index contributed by atoms with van der Waals surface area (Å²) in [6, 6.07) is 18.0. The Bertz CT molecular complexity index is 782. The van der Waals surface area contributed by atoms with Gasteiger partial charge in [0.25, 0.3) is 0 Å². The van der Waals surface area contributed by atoms with Crippen molar-refractivity contribution in [3.8, 4) is 5.75 Å². The van der Waals surface area contributed by atoms with Crippen molar-refractivity contribution >= 4 is 0 Å². The normalized spacial score (nSPS) is 12.3. The molecule has 3 rings (SSSR count). The van der Waals surface area contributed by atoms with Crippen LogP contribution in [0.25, 0.3) is 0 Å². The zero-order valence-electron chi connectivity index (χ0n) is 13.1. The van der Waals surface area contributed by atoms with Gasteiger partial charge in [0.1, 0.15) is 17.3 Å². The summed E-state index contributed by atoms with van der Waals surface area (Å²) in [6.07, 6.45) is 0. The van der Waals surface area contributed by atoms with Crippen LogP contribution in [0.4, 0.5) is 0 Å². The van der Waals surface area contributed by atoms with Crippen LogP contribution in [0.15, 0.2) is 59.0 Å². The highest BCUT2D eigenvalue weighted by Gasteiger charge is 2.23. The summed E-state index contributed by atoms with van der Waals surface area (Å²) in [7, 11) is 0. The summed E-state index contributed by atoms with van der Waals surface area (Å²) in [6.45, 7) is 6.04. The lowest BCUT2D eigenvalue weighted by Gasteiger charge is -2.18. The molecule has 0 saturated carbocycles. The fourth-order valence-corrected chi connectivity index (χ4v) is 2.77. The maximum atomic E-state index is 10.3. The minimum Gasteiger partial charge on any atom is -0.508 e. The second-order valence-electron chi connectivity index (χ2n) is 5.85. The lowest BCUT2D eigenvalue weighted by molar-refractivity contribution is 0.450. The molecule has 1 heterocycles. The van der Waals surface area contributed by atoms with E-state index in [1.54, 1.807) is 6.07 Å². The van der Waals surface area contributed by atoms with E-state index in [4.69, 9.17) is 4.42 Å². The molecule has 112 valence electrons. The smallest absolute Gasteiger partial charge is 0.119 e. The molecule has 0 spiro atoms. The monoisotopic (exact) mass is 292 g/mol. The van der Waals surface area contributed by atoms with Crippen molar-refractivity contribution in [2.75, 3.05) is 0 Å². The Morgan fingerprint density at radius 2 is 1.50 bits per heavy atom. The van der Waals surface area contributed by atoms with Gasteiger partial charge in [-0.15, -0.1) is 0 Å². The van der Waals surface area contributed by atoms with Crippen molar-refractivity contribution in [3.63, 3.8) is 0 Å². The number of aryl methyl sites for hydroxylation is 3. The average Bonchev–Trinajstić information content (AvgIpc) is 2.91. The molecule has 22 heavy (non-hydrogen) atoms. The molecule has 0 radical (unpaired) electrons. The predicted octanol–water partition coefficient (Wildman–Crippen LogP) is 5.09. The molecular weight excluding hydrogens is 272 g/mol. The number of phenols is 1. The fraction of sp³-hybridized carbons (Fsp3) is 0.200. The molecule has 0 aliphatic rings. The van der Waals surface area contributed by atoms with Crippen LogP contribution in [0.3, 0.4) is 0 Å². The standard InChI is InChI=1S/C20H20O2/c1-13-4-8-16(9-5-13)20(19-11-7-15(3)22-19)17-12-14(2)6-10-18(17)21/h4-12,20-21H,1-3H3/t20-/m0/s1. The van der Waals surface area contributed by atoms with Crippen molar-refractivity contribution in [1.82, 2.24) is 0 Å². The third-order valence-corrected chi connectivity index (χ3v) is 3.95. The van der Waals surface area contributed by atoms with Gasteiger partial charge in [-0.2, -0.15) is 0 Å². The van der Waals surface area contributed by atoms with Crippen molar-refractivity contribution in [2.24, 2.45) is 0 Å². The zero-order chi connectivity index (χ0) is 15.7. The van der Waals surface area contributed by atoms with E-state index in [0.29, 0.717) is 5.75 Å². The van der Waals surface area contributed by atoms with Crippen LogP contribution in [0.1, 0.15) is 39.7 Å². The summed E-state index contributed by atoms with van der Waals surface area (Å²) in [5.74, 6) is 1.92. The maximum Gasteiger partial charge on any atom is 0.119 e. The van der Waals surface area contributed by atoms with Gasteiger partial charge in [0.05, 0.1) is 5.92 Å². The van der Waals surface area contributed by atoms with E-state index in [1.807, 2.05) is 38.1 Å². The SMILES string of the molecule is Cc1ccc([C@H](c2ccc(C)o2)c2cc(C)ccc2O)cc1. The van der Waals surface area contributed by atoms with Crippen molar-refractivity contribution in [1.29, 1.82) is 0 Å². The molecule has 0 fully saturated rings. The van der Waals surface area contributed by atoms with Crippen molar-refractivity contribution in [2.45, 2.75) is 26.7 Å². The number of furan rings is 1. The highest BCUT2D eigenvalue weighted by Crippen LogP contribution is 2.38. The largest absolute Gasteiger partial charge is 0.508 e. The van der Waals surface area contributed by atoms with Crippen molar-refractivity contribution < 1.29 is 9.52 Å². The van der Waals surface area contributed by atoms with E-state index in [-0.39, 0.29) is 5.92 Å². The highest BCUT2D eigenvalue weighted by atomic mass is 16.3. The molecule has 1 aromatic heterocycles. The molecule has 2 heteroatoms. The molecule has 0 aliphatic heterocycles. The summed E-state index contributed by atoms with van der Waals surface area (Å²) >= 11 is 0. The van der Waals surface area contributed by atoms with Gasteiger partial charge in [0.2, 0.25) is 0 Å². The number of benzene rings is 2. The van der Waals surface area contributed by atoms with Gasteiger partial charge in [0, 0.05) is 5.56 Å². The number of hydrogen-bond acceptors (Lipinski definition) is 2. The third-order valence-electron chi connectivity index (χ3n) is 3.95. The second kappa shape index (κ2) is 5.72. The molecule has 0 aliphatic carbocycles. The van der Waals surface area contributed by atoms with Crippen LogP contribution in [0, 0.1) is 20.8 Å². The minimum atomic E-state index is -0.103. The second-order valence-corrected chi connectivity index (χ2v) is 5.85. The van der Waals surface area contributed by atoms with E-state index >= 15 is 0 Å². The molecular formula is C20H20O2. The Labute approximate surface area is 131 Å². The summed E-state index contributed by atoms with van der Waals surface area (Å²) < 4.78 is 5.87. The van der Waals surface area contributed by atoms with E-state index in [1.165, 1.54) is 5.56 Å². The first-order valence-corrected chi connectivity index (χ1v) is 7.47. The number of phenolic OH excluding ortho intramolecular Hbond substituents is 1. The first kappa shape index (κ1) is 14.5. The van der Waals surface area contributed by atoms with Crippen LogP contribution in [-0.4, -0.2) is 5.11 Å². The maximum absolute atomic E-state index is 10.3. The summed E-state index contributed by atoms with van der Waals surface area (Å²) in [5, 5.41) is 10.3. The van der Waals surface area contributed by atoms with Crippen LogP contribution in [0.2, 0.25) is 0 Å². The van der Waals surface area contributed by atoms with Gasteiger partial charge in [-0.05, 0) is 44.5 Å². The Balaban J connectivity index is 2.18. The van der Waals surface area contributed by atoms with Gasteiger partial charge in [-0.25, -0.2) is 0 Å². The molecule has 1 atom stereocenters. The van der Waals surface area contributed by atoms with Gasteiger partial charge in [-0.1, -0.05) is 47.5 Å². The van der Waals surface area contributed by atoms with E-state index in [2.05, 4.69) is 31.2 Å². The van der Waals surface area contributed by atoms with Crippen LogP contribution < -0.4 is 0 Å². The predicted molar refractivity (Wildman–Crippen MR) is 88.4 cm³/mol. The third kappa shape index (κ3) is 2.77. The van der Waals surface area contributed by atoms with Crippen LogP contribution >= 0.6 is 0 Å². The molecule has 3 aromatic rings. The van der Waals surface area contributed by atoms with Gasteiger partial charge in [0.15, 0.2) is 0 Å². The quantitative estimate of drug-likeness (QED) is 0.729. The van der Waals surface area contributed by atoms with E-state index < -0.39 is 0 Å². The van der Waals surface area contributed by atoms with Crippen molar-refractivity contribution in [3.05, 3.63) is 88.4 Å². The Kier molecular flexibility index (Phi) is 3.76. The fourth-order valence-electron chi connectivity index (χ4n) is 2.77. The molecule has 2 aromatic carbocycles. The Morgan fingerprint density at radius 3 is 2.14 bits per heavy atom. The molecule has 0 amide bonds. The summed E-state index contributed by atoms with van der Waals surface area (Å²) in [4.78, 5) is 0. The van der Waals surface area contributed by atoms with Gasteiger partial charge < -0.3 is 9.52 Å². The minimum absolute atomic E-state index is 0.103. The zero-order valence-corrected chi connectivity index (χ0v) is 13.1. The molecule has 2 nitrogen and oxygen atoms in total. The molecule has 0 saturated heterocycles. The van der Waals surface area contributed by atoms with Gasteiger partial charge >= 0.3 is 0 Å². The number of aromatic hydroxyl groups is 1. The molecule has 0 unspecified atom stereocenters. The molecule has 0 bridgehead atoms. The summed E-state index contributed by atoms with van der Waals surface area (Å²) in [5.41, 5.74) is 4.32. The van der Waals surface area contributed by atoms with Crippen LogP contribution in [0.5, 0.6) is 5.75 Å². The highest BCUT2D eigenvalue weighted by molar-refractivity contribution is 5.48. The lowest BCUT2D eigenvalue weighted by atomic mass is 9.87. The van der Waals surface area contributed by atoms with Crippen LogP contribution in [-0.2, 0) is 0 Å². The first-order chi connectivity index (χ1) is 10.5.